The second kappa shape index (κ2) is 12.2. The predicted molar refractivity (Wildman–Crippen MR) is 128 cm³/mol. The summed E-state index contributed by atoms with van der Waals surface area (Å²) < 4.78 is 10.7. The highest BCUT2D eigenvalue weighted by Crippen LogP contribution is 2.19. The van der Waals surface area contributed by atoms with E-state index in [1.165, 1.54) is 0 Å². The largest absolute Gasteiger partial charge is 0.466 e. The van der Waals surface area contributed by atoms with Gasteiger partial charge in [0.15, 0.2) is 0 Å². The number of benzene rings is 1. The van der Waals surface area contributed by atoms with E-state index in [1.54, 1.807) is 41.2 Å². The van der Waals surface area contributed by atoms with Crippen molar-refractivity contribution in [1.82, 2.24) is 15.3 Å². The number of hydrogen-bond donors (Lipinski definition) is 1. The average Bonchev–Trinajstić information content (AvgIpc) is 2.77. The molecule has 0 aromatic heterocycles. The molecule has 9 heteroatoms. The van der Waals surface area contributed by atoms with E-state index in [0.717, 1.165) is 0 Å². The molecular weight excluding hydrogens is 438 g/mol. The summed E-state index contributed by atoms with van der Waals surface area (Å²) >= 11 is 0. The summed E-state index contributed by atoms with van der Waals surface area (Å²) in [5.74, 6) is -0.692. The van der Waals surface area contributed by atoms with E-state index in [-0.39, 0.29) is 18.1 Å². The Morgan fingerprint density at radius 1 is 1.06 bits per heavy atom. The van der Waals surface area contributed by atoms with Crippen molar-refractivity contribution in [3.63, 3.8) is 0 Å². The lowest BCUT2D eigenvalue weighted by molar-refractivity contribution is -0.161. The van der Waals surface area contributed by atoms with Crippen LogP contribution in [-0.4, -0.2) is 79.0 Å². The highest BCUT2D eigenvalue weighted by Gasteiger charge is 2.34. The molecule has 34 heavy (non-hydrogen) atoms. The Hall–Kier alpha value is -2.65. The zero-order valence-corrected chi connectivity index (χ0v) is 21.3. The Balaban J connectivity index is 2.01. The maximum atomic E-state index is 12.6. The lowest BCUT2D eigenvalue weighted by Crippen LogP contribution is -2.56. The van der Waals surface area contributed by atoms with Gasteiger partial charge in [-0.3, -0.25) is 4.79 Å². The Bertz CT molecular complexity index is 822. The standard InChI is InChI=1S/C25H39N3O6/c1-7-32-22(30)25(5,6)18-26-14-13-20-17-27(23(31)33-24(2,3)4)15-16-28(20)34-21(29)19-11-9-8-10-12-19/h8-12,20,26H,7,13-18H2,1-6H3/t20-/m0/s1. The Kier molecular flexibility index (Phi) is 9.88. The van der Waals surface area contributed by atoms with Crippen molar-refractivity contribution in [2.75, 3.05) is 39.3 Å². The molecule has 0 radical (unpaired) electrons. The van der Waals surface area contributed by atoms with Gasteiger partial charge in [0, 0.05) is 19.6 Å². The minimum atomic E-state index is -0.662. The summed E-state index contributed by atoms with van der Waals surface area (Å²) in [6.07, 6.45) is 0.211. The number of piperazine rings is 1. The SMILES string of the molecule is CCOC(=O)C(C)(C)CNCC[C@H]1CN(C(=O)OC(C)(C)C)CCN1OC(=O)c1ccccc1. The fourth-order valence-electron chi connectivity index (χ4n) is 3.49. The van der Waals surface area contributed by atoms with Crippen LogP contribution >= 0.6 is 0 Å². The Morgan fingerprint density at radius 2 is 1.74 bits per heavy atom. The third kappa shape index (κ3) is 8.61. The maximum absolute atomic E-state index is 12.6. The smallest absolute Gasteiger partial charge is 0.410 e. The molecule has 1 heterocycles. The zero-order valence-electron chi connectivity index (χ0n) is 21.3. The summed E-state index contributed by atoms with van der Waals surface area (Å²) in [5.41, 5.74) is -0.793. The molecule has 0 saturated carbocycles. The molecule has 190 valence electrons. The van der Waals surface area contributed by atoms with E-state index in [9.17, 15) is 14.4 Å². The first-order valence-corrected chi connectivity index (χ1v) is 11.8. The lowest BCUT2D eigenvalue weighted by atomic mass is 9.93. The zero-order chi connectivity index (χ0) is 25.4. The van der Waals surface area contributed by atoms with Gasteiger partial charge in [0.2, 0.25) is 0 Å². The minimum Gasteiger partial charge on any atom is -0.466 e. The molecule has 0 aliphatic carbocycles. The monoisotopic (exact) mass is 477 g/mol. The topological polar surface area (TPSA) is 97.4 Å². The third-order valence-electron chi connectivity index (χ3n) is 5.34. The van der Waals surface area contributed by atoms with Gasteiger partial charge in [-0.25, -0.2) is 9.59 Å². The van der Waals surface area contributed by atoms with Crippen molar-refractivity contribution in [3.8, 4) is 0 Å². The number of nitrogens with one attached hydrogen (secondary N) is 1. The molecule has 0 bridgehead atoms. The number of nitrogens with zero attached hydrogens (tertiary/aromatic N) is 2. The molecule has 1 saturated heterocycles. The fraction of sp³-hybridized carbons (Fsp3) is 0.640. The summed E-state index contributed by atoms with van der Waals surface area (Å²) in [5, 5.41) is 4.94. The molecule has 1 N–H and O–H groups in total. The highest BCUT2D eigenvalue weighted by atomic mass is 16.7. The Morgan fingerprint density at radius 3 is 2.35 bits per heavy atom. The average molecular weight is 478 g/mol. The maximum Gasteiger partial charge on any atom is 0.410 e. The number of esters is 1. The van der Waals surface area contributed by atoms with Gasteiger partial charge in [0.05, 0.1) is 30.2 Å². The molecule has 1 fully saturated rings. The van der Waals surface area contributed by atoms with Crippen LogP contribution in [0.15, 0.2) is 30.3 Å². The van der Waals surface area contributed by atoms with Crippen LogP contribution in [0.3, 0.4) is 0 Å². The second-order valence-corrected chi connectivity index (χ2v) is 10.0. The van der Waals surface area contributed by atoms with Gasteiger partial charge in [-0.05, 0) is 66.6 Å². The third-order valence-corrected chi connectivity index (χ3v) is 5.34. The van der Waals surface area contributed by atoms with Crippen molar-refractivity contribution >= 4 is 18.0 Å². The molecule has 1 aliphatic heterocycles. The summed E-state index contributed by atoms with van der Waals surface area (Å²) in [7, 11) is 0. The van der Waals surface area contributed by atoms with Crippen molar-refractivity contribution in [3.05, 3.63) is 35.9 Å². The van der Waals surface area contributed by atoms with Crippen LogP contribution in [0, 0.1) is 5.41 Å². The molecular formula is C25H39N3O6. The molecule has 2 rings (SSSR count). The summed E-state index contributed by atoms with van der Waals surface area (Å²) in [6.45, 7) is 13.4. The fourth-order valence-corrected chi connectivity index (χ4v) is 3.49. The molecule has 1 aromatic rings. The van der Waals surface area contributed by atoms with Crippen molar-refractivity contribution in [1.29, 1.82) is 0 Å². The number of amides is 1. The normalized spacial score (nSPS) is 17.2. The van der Waals surface area contributed by atoms with E-state index < -0.39 is 17.0 Å². The number of ether oxygens (including phenoxy) is 2. The van der Waals surface area contributed by atoms with E-state index in [4.69, 9.17) is 14.3 Å². The van der Waals surface area contributed by atoms with Gasteiger partial charge in [-0.2, -0.15) is 0 Å². The highest BCUT2D eigenvalue weighted by molar-refractivity contribution is 5.89. The minimum absolute atomic E-state index is 0.230. The van der Waals surface area contributed by atoms with Gasteiger partial charge in [0.1, 0.15) is 5.60 Å². The van der Waals surface area contributed by atoms with Crippen LogP contribution in [0.5, 0.6) is 0 Å². The molecule has 1 aliphatic rings. The number of carbonyl (C=O) groups excluding carboxylic acids is 3. The Labute approximate surface area is 202 Å². The molecule has 0 spiro atoms. The predicted octanol–water partition coefficient (Wildman–Crippen LogP) is 3.25. The van der Waals surface area contributed by atoms with Crippen LogP contribution in [0.25, 0.3) is 0 Å². The second-order valence-electron chi connectivity index (χ2n) is 10.0. The van der Waals surface area contributed by atoms with Gasteiger partial charge in [0.25, 0.3) is 0 Å². The first-order valence-electron chi connectivity index (χ1n) is 11.8. The van der Waals surface area contributed by atoms with Gasteiger partial charge in [-0.15, -0.1) is 5.06 Å². The van der Waals surface area contributed by atoms with Gasteiger partial charge in [-0.1, -0.05) is 18.2 Å². The summed E-state index contributed by atoms with van der Waals surface area (Å²) in [4.78, 5) is 44.7. The molecule has 1 aromatic carbocycles. The number of rotatable bonds is 9. The first kappa shape index (κ1) is 27.6. The lowest BCUT2D eigenvalue weighted by Gasteiger charge is -2.40. The van der Waals surface area contributed by atoms with Crippen LogP contribution < -0.4 is 5.32 Å². The van der Waals surface area contributed by atoms with Crippen LogP contribution in [0.4, 0.5) is 4.79 Å². The van der Waals surface area contributed by atoms with Gasteiger partial charge >= 0.3 is 18.0 Å². The number of hydroxylamine groups is 2. The van der Waals surface area contributed by atoms with Crippen LogP contribution in [0.2, 0.25) is 0 Å². The van der Waals surface area contributed by atoms with E-state index >= 15 is 0 Å². The van der Waals surface area contributed by atoms with Gasteiger partial charge < -0.3 is 24.5 Å². The van der Waals surface area contributed by atoms with E-state index in [1.807, 2.05) is 40.7 Å². The van der Waals surface area contributed by atoms with Crippen LogP contribution in [-0.2, 0) is 19.1 Å². The summed E-state index contributed by atoms with van der Waals surface area (Å²) in [6, 6.07) is 8.57. The van der Waals surface area contributed by atoms with Crippen molar-refractivity contribution in [2.24, 2.45) is 5.41 Å². The molecule has 1 amide bonds. The van der Waals surface area contributed by atoms with Crippen LogP contribution in [0.1, 0.15) is 58.3 Å². The first-order chi connectivity index (χ1) is 15.9. The number of hydrogen-bond acceptors (Lipinski definition) is 8. The molecule has 1 atom stereocenters. The quantitative estimate of drug-likeness (QED) is 0.428. The molecule has 0 unspecified atom stereocenters. The number of carbonyl (C=O) groups is 3. The molecule has 9 nitrogen and oxygen atoms in total. The van der Waals surface area contributed by atoms with E-state index in [2.05, 4.69) is 5.32 Å². The van der Waals surface area contributed by atoms with Crippen molar-refractivity contribution in [2.45, 2.75) is 59.6 Å². The van der Waals surface area contributed by atoms with E-state index in [0.29, 0.717) is 51.3 Å². The van der Waals surface area contributed by atoms with Crippen molar-refractivity contribution < 1.29 is 28.7 Å².